The van der Waals surface area contributed by atoms with Crippen LogP contribution in [0.25, 0.3) is 0 Å². The lowest BCUT2D eigenvalue weighted by atomic mass is 10.2. The van der Waals surface area contributed by atoms with Crippen molar-refractivity contribution in [3.63, 3.8) is 0 Å². The molecule has 1 atom stereocenters. The van der Waals surface area contributed by atoms with E-state index in [1.165, 1.54) is 6.33 Å². The molecule has 104 valence electrons. The van der Waals surface area contributed by atoms with Crippen molar-refractivity contribution in [2.45, 2.75) is 13.0 Å². The molecule has 0 radical (unpaired) electrons. The predicted molar refractivity (Wildman–Crippen MR) is 72.1 cm³/mol. The number of morpholine rings is 1. The van der Waals surface area contributed by atoms with Gasteiger partial charge < -0.3 is 20.7 Å². The lowest BCUT2D eigenvalue weighted by Crippen LogP contribution is -2.54. The minimum absolute atomic E-state index is 0.115. The number of likely N-dealkylation sites (N-methyl/N-ethyl adjacent to an activating group) is 1. The Hall–Kier alpha value is -1.60. The van der Waals surface area contributed by atoms with Gasteiger partial charge in [-0.3, -0.25) is 4.79 Å². The highest BCUT2D eigenvalue weighted by Gasteiger charge is 2.31. The quantitative estimate of drug-likeness (QED) is 0.815. The first-order valence-corrected chi connectivity index (χ1v) is 6.41. The molecule has 7 nitrogen and oxygen atoms in total. The van der Waals surface area contributed by atoms with Crippen LogP contribution in [0.1, 0.15) is 6.92 Å². The number of halogens is 1. The van der Waals surface area contributed by atoms with Gasteiger partial charge in [-0.15, -0.1) is 0 Å². The monoisotopic (exact) mass is 285 g/mol. The van der Waals surface area contributed by atoms with Crippen LogP contribution >= 0.6 is 11.6 Å². The van der Waals surface area contributed by atoms with E-state index in [2.05, 4.69) is 15.3 Å². The zero-order valence-corrected chi connectivity index (χ0v) is 11.4. The number of nitrogens with zero attached hydrogens (tertiary/aromatic N) is 3. The molecule has 1 saturated heterocycles. The van der Waals surface area contributed by atoms with E-state index in [0.717, 1.165) is 0 Å². The number of carbonyl (C=O) groups excluding carboxylic acids is 1. The fraction of sp³-hybridized carbons (Fsp3) is 0.545. The Morgan fingerprint density at radius 2 is 2.47 bits per heavy atom. The molecule has 0 saturated carbocycles. The maximum atomic E-state index is 12.0. The summed E-state index contributed by atoms with van der Waals surface area (Å²) in [5.41, 5.74) is 5.67. The van der Waals surface area contributed by atoms with Gasteiger partial charge in [0.05, 0.1) is 13.2 Å². The van der Waals surface area contributed by atoms with E-state index in [1.54, 1.807) is 4.90 Å². The van der Waals surface area contributed by atoms with Crippen LogP contribution in [-0.4, -0.2) is 48.2 Å². The number of anilines is 2. The van der Waals surface area contributed by atoms with Crippen LogP contribution in [0.3, 0.4) is 0 Å². The van der Waals surface area contributed by atoms with Crippen molar-refractivity contribution in [1.82, 2.24) is 15.3 Å². The van der Waals surface area contributed by atoms with Crippen LogP contribution in [0.15, 0.2) is 6.33 Å². The largest absolute Gasteiger partial charge is 0.382 e. The smallest absolute Gasteiger partial charge is 0.245 e. The standard InChI is InChI=1S/C11H16ClN5O2/c1-2-14-11(18)7-5-19-4-3-17(7)10-8(12)9(13)15-6-16-10/h6-7H,2-5H2,1H3,(H,14,18)(H2,13,15,16). The molecule has 1 amide bonds. The minimum atomic E-state index is -0.458. The number of amides is 1. The van der Waals surface area contributed by atoms with Crippen LogP contribution in [0.2, 0.25) is 5.02 Å². The number of rotatable bonds is 3. The van der Waals surface area contributed by atoms with Gasteiger partial charge in [0.1, 0.15) is 23.2 Å². The number of aromatic nitrogens is 2. The van der Waals surface area contributed by atoms with E-state index in [4.69, 9.17) is 22.1 Å². The summed E-state index contributed by atoms with van der Waals surface area (Å²) >= 11 is 6.11. The molecular formula is C11H16ClN5O2. The van der Waals surface area contributed by atoms with Gasteiger partial charge >= 0.3 is 0 Å². The van der Waals surface area contributed by atoms with E-state index in [9.17, 15) is 4.79 Å². The summed E-state index contributed by atoms with van der Waals surface area (Å²) in [7, 11) is 0. The van der Waals surface area contributed by atoms with Crippen LogP contribution in [-0.2, 0) is 9.53 Å². The van der Waals surface area contributed by atoms with Crippen molar-refractivity contribution in [3.05, 3.63) is 11.3 Å². The summed E-state index contributed by atoms with van der Waals surface area (Å²) in [4.78, 5) is 21.8. The van der Waals surface area contributed by atoms with Gasteiger partial charge in [0, 0.05) is 13.1 Å². The number of carbonyl (C=O) groups is 1. The molecule has 1 aromatic rings. The predicted octanol–water partition coefficient (Wildman–Crippen LogP) is 0.0535. The number of hydrogen-bond acceptors (Lipinski definition) is 6. The molecule has 1 unspecified atom stereocenters. The van der Waals surface area contributed by atoms with Gasteiger partial charge in [-0.1, -0.05) is 11.6 Å². The SMILES string of the molecule is CCNC(=O)C1COCCN1c1ncnc(N)c1Cl. The molecule has 1 aliphatic heterocycles. The van der Waals surface area contributed by atoms with Crippen molar-refractivity contribution >= 4 is 29.1 Å². The summed E-state index contributed by atoms with van der Waals surface area (Å²) in [5, 5.41) is 3.03. The number of ether oxygens (including phenoxy) is 1. The van der Waals surface area contributed by atoms with Crippen molar-refractivity contribution in [3.8, 4) is 0 Å². The Bertz CT molecular complexity index is 470. The van der Waals surface area contributed by atoms with Crippen molar-refractivity contribution < 1.29 is 9.53 Å². The maximum Gasteiger partial charge on any atom is 0.245 e. The Morgan fingerprint density at radius 3 is 3.21 bits per heavy atom. The minimum Gasteiger partial charge on any atom is -0.382 e. The number of nitrogens with one attached hydrogen (secondary N) is 1. The van der Waals surface area contributed by atoms with Crippen LogP contribution in [0, 0.1) is 0 Å². The highest BCUT2D eigenvalue weighted by Crippen LogP contribution is 2.29. The van der Waals surface area contributed by atoms with E-state index < -0.39 is 6.04 Å². The summed E-state index contributed by atoms with van der Waals surface area (Å²) in [5.74, 6) is 0.553. The number of nitrogens with two attached hydrogens (primary N) is 1. The molecule has 8 heteroatoms. The molecular weight excluding hydrogens is 270 g/mol. The summed E-state index contributed by atoms with van der Waals surface area (Å²) < 4.78 is 5.35. The van der Waals surface area contributed by atoms with Gasteiger partial charge in [0.15, 0.2) is 5.82 Å². The van der Waals surface area contributed by atoms with Crippen LogP contribution in [0.5, 0.6) is 0 Å². The normalized spacial score (nSPS) is 19.3. The van der Waals surface area contributed by atoms with E-state index >= 15 is 0 Å². The van der Waals surface area contributed by atoms with Crippen molar-refractivity contribution in [1.29, 1.82) is 0 Å². The first-order chi connectivity index (χ1) is 9.15. The lowest BCUT2D eigenvalue weighted by Gasteiger charge is -2.35. The molecule has 0 aromatic carbocycles. The zero-order chi connectivity index (χ0) is 13.8. The Morgan fingerprint density at radius 1 is 1.68 bits per heavy atom. The average molecular weight is 286 g/mol. The molecule has 0 aliphatic carbocycles. The third-order valence-corrected chi connectivity index (χ3v) is 3.21. The topological polar surface area (TPSA) is 93.4 Å². The molecule has 0 spiro atoms. The van der Waals surface area contributed by atoms with Crippen molar-refractivity contribution in [2.75, 3.05) is 36.9 Å². The van der Waals surface area contributed by atoms with E-state index in [-0.39, 0.29) is 16.7 Å². The Kier molecular flexibility index (Phi) is 4.39. The summed E-state index contributed by atoms with van der Waals surface area (Å²) in [6.07, 6.45) is 1.33. The lowest BCUT2D eigenvalue weighted by molar-refractivity contribution is -0.124. The zero-order valence-electron chi connectivity index (χ0n) is 10.6. The Labute approximate surface area is 116 Å². The average Bonchev–Trinajstić information content (AvgIpc) is 2.42. The van der Waals surface area contributed by atoms with Gasteiger partial charge in [-0.2, -0.15) is 0 Å². The van der Waals surface area contributed by atoms with Crippen molar-refractivity contribution in [2.24, 2.45) is 0 Å². The summed E-state index contributed by atoms with van der Waals surface area (Å²) in [6, 6.07) is -0.458. The van der Waals surface area contributed by atoms with E-state index in [0.29, 0.717) is 32.1 Å². The fourth-order valence-corrected chi connectivity index (χ4v) is 2.15. The third-order valence-electron chi connectivity index (χ3n) is 2.85. The highest BCUT2D eigenvalue weighted by atomic mass is 35.5. The highest BCUT2D eigenvalue weighted by molar-refractivity contribution is 6.35. The second-order valence-corrected chi connectivity index (χ2v) is 4.45. The summed E-state index contributed by atoms with van der Waals surface area (Å²) in [6.45, 7) is 3.75. The molecule has 1 aliphatic rings. The first kappa shape index (κ1) is 13.8. The molecule has 3 N–H and O–H groups in total. The fourth-order valence-electron chi connectivity index (χ4n) is 1.94. The number of hydrogen-bond donors (Lipinski definition) is 2. The molecule has 2 rings (SSSR count). The van der Waals surface area contributed by atoms with Gasteiger partial charge in [-0.05, 0) is 6.92 Å². The van der Waals surface area contributed by atoms with Crippen LogP contribution < -0.4 is 16.0 Å². The second-order valence-electron chi connectivity index (χ2n) is 4.08. The molecule has 1 aromatic heterocycles. The second kappa shape index (κ2) is 6.03. The van der Waals surface area contributed by atoms with E-state index in [1.807, 2.05) is 6.92 Å². The molecule has 1 fully saturated rings. The van der Waals surface area contributed by atoms with Gasteiger partial charge in [0.25, 0.3) is 0 Å². The van der Waals surface area contributed by atoms with Gasteiger partial charge in [0.2, 0.25) is 5.91 Å². The number of nitrogen functional groups attached to an aromatic ring is 1. The molecule has 2 heterocycles. The first-order valence-electron chi connectivity index (χ1n) is 6.03. The Balaban J connectivity index is 2.29. The molecule has 19 heavy (non-hydrogen) atoms. The van der Waals surface area contributed by atoms with Crippen LogP contribution in [0.4, 0.5) is 11.6 Å². The molecule has 0 bridgehead atoms. The third kappa shape index (κ3) is 2.87. The maximum absolute atomic E-state index is 12.0. The van der Waals surface area contributed by atoms with Gasteiger partial charge in [-0.25, -0.2) is 9.97 Å².